The Bertz CT molecular complexity index is 448. The largest absolute Gasteiger partial charge is 0.532 e. The van der Waals surface area contributed by atoms with Crippen molar-refractivity contribution in [3.63, 3.8) is 0 Å². The Kier molecular flexibility index (Phi) is 5.54. The van der Waals surface area contributed by atoms with Gasteiger partial charge < -0.3 is 4.52 Å². The Hall–Kier alpha value is -1.16. The molecule has 0 aliphatic carbocycles. The second-order valence-corrected chi connectivity index (χ2v) is 5.07. The van der Waals surface area contributed by atoms with Crippen molar-refractivity contribution in [1.82, 2.24) is 0 Å². The Balaban J connectivity index is 2.85. The fraction of sp³-hybridized carbons (Fsp3) is 0.417. The summed E-state index contributed by atoms with van der Waals surface area (Å²) < 4.78 is 26.7. The first-order valence-corrected chi connectivity index (χ1v) is 7.17. The van der Waals surface area contributed by atoms with E-state index in [1.807, 2.05) is 0 Å². The van der Waals surface area contributed by atoms with Gasteiger partial charge in [-0.15, -0.1) is 0 Å². The summed E-state index contributed by atoms with van der Waals surface area (Å²) in [5.74, 6) is -0.710. The summed E-state index contributed by atoms with van der Waals surface area (Å²) in [5, 5.41) is 0. The molecule has 0 saturated carbocycles. The van der Waals surface area contributed by atoms with Crippen molar-refractivity contribution in [3.05, 3.63) is 35.4 Å². The maximum atomic E-state index is 12.0. The Morgan fingerprint density at radius 3 is 2.22 bits per heavy atom. The molecule has 0 unspecified atom stereocenters. The molecule has 0 atom stereocenters. The van der Waals surface area contributed by atoms with E-state index in [1.54, 1.807) is 45.0 Å². The second-order valence-electron chi connectivity index (χ2n) is 3.48. The number of rotatable bonds is 6. The molecular weight excluding hydrogens is 255 g/mol. The van der Waals surface area contributed by atoms with E-state index in [0.717, 1.165) is 5.56 Å². The first-order valence-electron chi connectivity index (χ1n) is 5.71. The molecule has 0 aliphatic heterocycles. The minimum Gasteiger partial charge on any atom is -0.367 e. The van der Waals surface area contributed by atoms with Crippen LogP contribution in [0.1, 0.15) is 29.8 Å². The van der Waals surface area contributed by atoms with Crippen LogP contribution < -0.4 is 0 Å². The third-order valence-electron chi connectivity index (χ3n) is 2.13. The summed E-state index contributed by atoms with van der Waals surface area (Å²) in [7, 11) is -3.81. The van der Waals surface area contributed by atoms with Gasteiger partial charge in [0.05, 0.1) is 18.8 Å². The van der Waals surface area contributed by atoms with Crippen LogP contribution >= 0.6 is 7.82 Å². The molecule has 0 saturated heterocycles. The van der Waals surface area contributed by atoms with Crippen LogP contribution in [0.2, 0.25) is 0 Å². The van der Waals surface area contributed by atoms with Crippen LogP contribution in [0.4, 0.5) is 0 Å². The number of phosphoric ester groups is 1. The van der Waals surface area contributed by atoms with Gasteiger partial charge in [0.15, 0.2) is 0 Å². The van der Waals surface area contributed by atoms with E-state index in [2.05, 4.69) is 0 Å². The van der Waals surface area contributed by atoms with Crippen molar-refractivity contribution < 1.29 is 22.9 Å². The van der Waals surface area contributed by atoms with Crippen LogP contribution in [0.15, 0.2) is 24.3 Å². The van der Waals surface area contributed by atoms with Gasteiger partial charge >= 0.3 is 13.8 Å². The monoisotopic (exact) mass is 272 g/mol. The average Bonchev–Trinajstić information content (AvgIpc) is 2.29. The van der Waals surface area contributed by atoms with Gasteiger partial charge in [0.2, 0.25) is 0 Å². The highest BCUT2D eigenvalue weighted by Gasteiger charge is 2.31. The molecule has 0 heterocycles. The van der Waals surface area contributed by atoms with Crippen LogP contribution in [0.3, 0.4) is 0 Å². The predicted molar refractivity (Wildman–Crippen MR) is 67.5 cm³/mol. The fourth-order valence-electron chi connectivity index (χ4n) is 1.36. The Morgan fingerprint density at radius 2 is 1.72 bits per heavy atom. The highest BCUT2D eigenvalue weighted by atomic mass is 31.2. The zero-order chi connectivity index (χ0) is 13.6. The first-order chi connectivity index (χ1) is 8.52. The van der Waals surface area contributed by atoms with Gasteiger partial charge in [0.25, 0.3) is 0 Å². The van der Waals surface area contributed by atoms with Gasteiger partial charge in [-0.3, -0.25) is 9.05 Å². The number of hydrogen-bond acceptors (Lipinski definition) is 5. The highest BCUT2D eigenvalue weighted by Crippen LogP contribution is 2.49. The Labute approximate surface area is 107 Å². The molecule has 6 heteroatoms. The molecule has 0 aromatic heterocycles. The summed E-state index contributed by atoms with van der Waals surface area (Å²) in [5.41, 5.74) is 1.08. The smallest absolute Gasteiger partial charge is 0.367 e. The molecule has 0 spiro atoms. The summed E-state index contributed by atoms with van der Waals surface area (Å²) in [6, 6.07) is 6.87. The number of carbonyl (C=O) groups excluding carboxylic acids is 1. The van der Waals surface area contributed by atoms with Crippen LogP contribution in [0.25, 0.3) is 0 Å². The topological polar surface area (TPSA) is 61.8 Å². The molecule has 0 aliphatic rings. The van der Waals surface area contributed by atoms with E-state index in [0.29, 0.717) is 5.56 Å². The molecule has 0 amide bonds. The van der Waals surface area contributed by atoms with Gasteiger partial charge in [0.1, 0.15) is 0 Å². The van der Waals surface area contributed by atoms with Gasteiger partial charge in [0, 0.05) is 0 Å². The lowest BCUT2D eigenvalue weighted by atomic mass is 10.1. The third kappa shape index (κ3) is 3.95. The predicted octanol–water partition coefficient (Wildman–Crippen LogP) is 3.33. The number of phosphoric acid groups is 1. The standard InChI is InChI=1S/C12H17O5P/c1-4-15-18(14,16-5-2)17-12(13)11-9-7-6-8-10(11)3/h6-9H,4-5H2,1-3H3. The molecule has 0 N–H and O–H groups in total. The van der Waals surface area contributed by atoms with Crippen LogP contribution in [-0.4, -0.2) is 19.2 Å². The van der Waals surface area contributed by atoms with Crippen molar-refractivity contribution >= 4 is 13.8 Å². The quantitative estimate of drug-likeness (QED) is 0.743. The van der Waals surface area contributed by atoms with E-state index in [-0.39, 0.29) is 13.2 Å². The Morgan fingerprint density at radius 1 is 1.17 bits per heavy atom. The van der Waals surface area contributed by atoms with E-state index >= 15 is 0 Å². The minimum atomic E-state index is -3.81. The first kappa shape index (κ1) is 14.9. The maximum absolute atomic E-state index is 12.0. The average molecular weight is 272 g/mol. The van der Waals surface area contributed by atoms with E-state index in [4.69, 9.17) is 13.6 Å². The van der Waals surface area contributed by atoms with E-state index in [1.165, 1.54) is 0 Å². The van der Waals surface area contributed by atoms with E-state index < -0.39 is 13.8 Å². The molecule has 100 valence electrons. The minimum absolute atomic E-state index is 0.137. The third-order valence-corrected chi connectivity index (χ3v) is 3.67. The maximum Gasteiger partial charge on any atom is 0.532 e. The summed E-state index contributed by atoms with van der Waals surface area (Å²) in [6.45, 7) is 5.33. The van der Waals surface area contributed by atoms with Crippen molar-refractivity contribution in [3.8, 4) is 0 Å². The normalized spacial score (nSPS) is 11.3. The van der Waals surface area contributed by atoms with Gasteiger partial charge in [-0.25, -0.2) is 9.36 Å². The number of aryl methyl sites for hydroxylation is 1. The van der Waals surface area contributed by atoms with Crippen molar-refractivity contribution in [2.24, 2.45) is 0 Å². The molecule has 0 fully saturated rings. The van der Waals surface area contributed by atoms with Gasteiger partial charge in [-0.05, 0) is 32.4 Å². The van der Waals surface area contributed by atoms with Gasteiger partial charge in [-0.2, -0.15) is 0 Å². The van der Waals surface area contributed by atoms with E-state index in [9.17, 15) is 9.36 Å². The molecule has 0 bridgehead atoms. The van der Waals surface area contributed by atoms with Crippen LogP contribution in [0.5, 0.6) is 0 Å². The zero-order valence-corrected chi connectivity index (χ0v) is 11.6. The number of carbonyl (C=O) groups is 1. The SMILES string of the molecule is CCOP(=O)(OCC)OC(=O)c1ccccc1C. The zero-order valence-electron chi connectivity index (χ0n) is 10.7. The molecule has 1 aromatic rings. The summed E-state index contributed by atoms with van der Waals surface area (Å²) in [6.07, 6.45) is 0. The van der Waals surface area contributed by atoms with Crippen molar-refractivity contribution in [1.29, 1.82) is 0 Å². The lowest BCUT2D eigenvalue weighted by Crippen LogP contribution is -2.09. The summed E-state index contributed by atoms with van der Waals surface area (Å²) in [4.78, 5) is 11.9. The molecule has 1 rings (SSSR count). The molecule has 18 heavy (non-hydrogen) atoms. The highest BCUT2D eigenvalue weighted by molar-refractivity contribution is 7.49. The molecule has 5 nitrogen and oxygen atoms in total. The summed E-state index contributed by atoms with van der Waals surface area (Å²) >= 11 is 0. The number of hydrogen-bond donors (Lipinski definition) is 0. The molecular formula is C12H17O5P. The fourth-order valence-corrected chi connectivity index (χ4v) is 2.47. The van der Waals surface area contributed by atoms with Crippen LogP contribution in [-0.2, 0) is 18.1 Å². The van der Waals surface area contributed by atoms with Crippen molar-refractivity contribution in [2.45, 2.75) is 20.8 Å². The van der Waals surface area contributed by atoms with Crippen molar-refractivity contribution in [2.75, 3.05) is 13.2 Å². The molecule has 1 aromatic carbocycles. The second kappa shape index (κ2) is 6.69. The van der Waals surface area contributed by atoms with Crippen LogP contribution in [0, 0.1) is 6.92 Å². The van der Waals surface area contributed by atoms with Gasteiger partial charge in [-0.1, -0.05) is 18.2 Å². The lowest BCUT2D eigenvalue weighted by molar-refractivity contribution is 0.0605. The lowest BCUT2D eigenvalue weighted by Gasteiger charge is -2.16. The molecule has 0 radical (unpaired) electrons. The number of benzene rings is 1.